The van der Waals surface area contributed by atoms with E-state index in [4.69, 9.17) is 0 Å². The topological polar surface area (TPSA) is 147 Å². The maximum Gasteiger partial charge on any atom is 0.312 e. The minimum absolute atomic E-state index is 0.0602. The minimum Gasteiger partial charge on any atom is -0.501 e. The van der Waals surface area contributed by atoms with Crippen molar-refractivity contribution in [2.45, 2.75) is 0 Å². The largest absolute Gasteiger partial charge is 0.501 e. The van der Waals surface area contributed by atoms with Gasteiger partial charge in [-0.15, -0.1) is 0 Å². The van der Waals surface area contributed by atoms with Crippen LogP contribution < -0.4 is 0 Å². The molecule has 0 spiro atoms. The highest BCUT2D eigenvalue weighted by atomic mass is 127. The number of non-ortho nitro benzene ring substituents is 1. The third-order valence-corrected chi connectivity index (χ3v) is 4.08. The average molecular weight is 465 g/mol. The van der Waals surface area contributed by atoms with E-state index in [2.05, 4.69) is 0 Å². The van der Waals surface area contributed by atoms with Crippen LogP contribution in [0.15, 0.2) is 42.0 Å². The SMILES string of the molecule is N#CC(=Cc1cc(I)c(O)c([N+](=O)[O-])c1)C(=O)c1cccc([N+](=O)[O-])c1. The van der Waals surface area contributed by atoms with E-state index in [1.807, 2.05) is 0 Å². The number of allylic oxidation sites excluding steroid dienone is 1. The third kappa shape index (κ3) is 4.01. The fourth-order valence-electron chi connectivity index (χ4n) is 2.06. The van der Waals surface area contributed by atoms with Crippen molar-refractivity contribution in [2.24, 2.45) is 0 Å². The molecular formula is C16H8IN3O6. The Kier molecular flexibility index (Phi) is 5.63. The Hall–Kier alpha value is -3.33. The van der Waals surface area contributed by atoms with E-state index in [1.54, 1.807) is 28.7 Å². The van der Waals surface area contributed by atoms with Gasteiger partial charge in [-0.1, -0.05) is 12.1 Å². The van der Waals surface area contributed by atoms with Gasteiger partial charge in [0.15, 0.2) is 0 Å². The van der Waals surface area contributed by atoms with Crippen LogP contribution in [0.1, 0.15) is 15.9 Å². The molecular weight excluding hydrogens is 457 g/mol. The molecule has 26 heavy (non-hydrogen) atoms. The van der Waals surface area contributed by atoms with Crippen LogP contribution in [0.25, 0.3) is 6.08 Å². The molecule has 0 atom stereocenters. The molecule has 0 heterocycles. The molecule has 0 fully saturated rings. The van der Waals surface area contributed by atoms with Gasteiger partial charge in [-0.2, -0.15) is 5.26 Å². The van der Waals surface area contributed by atoms with Crippen molar-refractivity contribution in [2.75, 3.05) is 0 Å². The molecule has 0 bridgehead atoms. The number of halogens is 1. The van der Waals surface area contributed by atoms with Gasteiger partial charge in [-0.05, 0) is 40.3 Å². The first-order valence-corrected chi connectivity index (χ1v) is 7.90. The highest BCUT2D eigenvalue weighted by Gasteiger charge is 2.19. The average Bonchev–Trinajstić information content (AvgIpc) is 2.61. The Morgan fingerprint density at radius 3 is 2.46 bits per heavy atom. The van der Waals surface area contributed by atoms with Gasteiger partial charge in [0, 0.05) is 23.8 Å². The number of nitriles is 1. The summed E-state index contributed by atoms with van der Waals surface area (Å²) in [5, 5.41) is 40.7. The normalized spacial score (nSPS) is 10.8. The van der Waals surface area contributed by atoms with E-state index in [9.17, 15) is 35.4 Å². The highest BCUT2D eigenvalue weighted by Crippen LogP contribution is 2.33. The second-order valence-corrected chi connectivity index (χ2v) is 6.10. The maximum absolute atomic E-state index is 12.4. The number of Topliss-reactive ketones (excluding diaryl/α,β-unsaturated/α-hetero) is 1. The Morgan fingerprint density at radius 1 is 1.19 bits per heavy atom. The molecule has 0 amide bonds. The lowest BCUT2D eigenvalue weighted by atomic mass is 10.0. The van der Waals surface area contributed by atoms with Crippen LogP contribution in [0.3, 0.4) is 0 Å². The van der Waals surface area contributed by atoms with E-state index >= 15 is 0 Å². The molecule has 10 heteroatoms. The third-order valence-electron chi connectivity index (χ3n) is 3.26. The summed E-state index contributed by atoms with van der Waals surface area (Å²) in [5.41, 5.74) is -1.13. The van der Waals surface area contributed by atoms with Crippen LogP contribution in [-0.2, 0) is 0 Å². The van der Waals surface area contributed by atoms with Crippen molar-refractivity contribution in [3.8, 4) is 11.8 Å². The maximum atomic E-state index is 12.4. The Labute approximate surface area is 159 Å². The Morgan fingerprint density at radius 2 is 1.88 bits per heavy atom. The number of rotatable bonds is 5. The predicted octanol–water partition coefficient (Wildman–Crippen LogP) is 3.60. The summed E-state index contributed by atoms with van der Waals surface area (Å²) in [7, 11) is 0. The lowest BCUT2D eigenvalue weighted by Gasteiger charge is -2.03. The first kappa shape index (κ1) is 19.0. The summed E-state index contributed by atoms with van der Waals surface area (Å²) in [6.07, 6.45) is 1.12. The Bertz CT molecular complexity index is 1010. The number of carbonyl (C=O) groups excluding carboxylic acids is 1. The lowest BCUT2D eigenvalue weighted by molar-refractivity contribution is -0.386. The molecule has 9 nitrogen and oxygen atoms in total. The monoisotopic (exact) mass is 465 g/mol. The lowest BCUT2D eigenvalue weighted by Crippen LogP contribution is -2.03. The number of nitrogens with zero attached hydrogens (tertiary/aromatic N) is 3. The standard InChI is InChI=1S/C16H8IN3O6/c17-13-5-9(6-14(16(13)22)20(25)26)4-11(8-18)15(21)10-2-1-3-12(7-10)19(23)24/h1-7,22H. The zero-order valence-corrected chi connectivity index (χ0v) is 14.9. The van der Waals surface area contributed by atoms with Crippen molar-refractivity contribution >= 4 is 45.8 Å². The number of hydrogen-bond donors (Lipinski definition) is 1. The first-order valence-electron chi connectivity index (χ1n) is 6.82. The fraction of sp³-hybridized carbons (Fsp3) is 0. The Balaban J connectivity index is 2.50. The summed E-state index contributed by atoms with van der Waals surface area (Å²) < 4.78 is 0.170. The number of ketones is 1. The number of phenolic OH excluding ortho intramolecular Hbond substituents is 1. The van der Waals surface area contributed by atoms with E-state index in [0.717, 1.165) is 18.2 Å². The minimum atomic E-state index is -0.788. The van der Waals surface area contributed by atoms with E-state index in [0.29, 0.717) is 0 Å². The highest BCUT2D eigenvalue weighted by molar-refractivity contribution is 14.1. The van der Waals surface area contributed by atoms with E-state index in [1.165, 1.54) is 24.3 Å². The van der Waals surface area contributed by atoms with Crippen LogP contribution in [0.5, 0.6) is 5.75 Å². The zero-order chi connectivity index (χ0) is 19.4. The van der Waals surface area contributed by atoms with Crippen LogP contribution in [0, 0.1) is 35.1 Å². The second-order valence-electron chi connectivity index (χ2n) is 4.93. The number of nitro benzene ring substituents is 2. The molecule has 0 saturated carbocycles. The number of carbonyl (C=O) groups is 1. The van der Waals surface area contributed by atoms with Crippen LogP contribution in [0.2, 0.25) is 0 Å². The molecule has 0 radical (unpaired) electrons. The number of benzene rings is 2. The van der Waals surface area contributed by atoms with Crippen LogP contribution in [0.4, 0.5) is 11.4 Å². The quantitative estimate of drug-likeness (QED) is 0.177. The van der Waals surface area contributed by atoms with E-state index < -0.39 is 27.1 Å². The van der Waals surface area contributed by atoms with Crippen molar-refractivity contribution in [1.82, 2.24) is 0 Å². The number of hydrogen-bond acceptors (Lipinski definition) is 7. The van der Waals surface area contributed by atoms with Gasteiger partial charge < -0.3 is 5.11 Å². The summed E-state index contributed by atoms with van der Waals surface area (Å²) in [6, 6.07) is 8.95. The first-order chi connectivity index (χ1) is 12.2. The summed E-state index contributed by atoms with van der Waals surface area (Å²) >= 11 is 1.68. The van der Waals surface area contributed by atoms with Crippen molar-refractivity contribution in [3.05, 3.63) is 76.9 Å². The molecule has 2 aromatic carbocycles. The van der Waals surface area contributed by atoms with Gasteiger partial charge in [0.2, 0.25) is 11.5 Å². The summed E-state index contributed by atoms with van der Waals surface area (Å²) in [6.45, 7) is 0. The molecule has 0 unspecified atom stereocenters. The smallest absolute Gasteiger partial charge is 0.312 e. The van der Waals surface area contributed by atoms with Gasteiger partial charge in [-0.3, -0.25) is 25.0 Å². The van der Waals surface area contributed by atoms with Gasteiger partial charge in [-0.25, -0.2) is 0 Å². The molecule has 0 aliphatic rings. The number of aromatic hydroxyl groups is 1. The predicted molar refractivity (Wildman–Crippen MR) is 98.5 cm³/mol. The van der Waals surface area contributed by atoms with Gasteiger partial charge >= 0.3 is 5.69 Å². The van der Waals surface area contributed by atoms with Crippen LogP contribution >= 0.6 is 22.6 Å². The molecule has 0 aromatic heterocycles. The zero-order valence-electron chi connectivity index (χ0n) is 12.7. The molecule has 2 aromatic rings. The molecule has 0 saturated heterocycles. The molecule has 130 valence electrons. The number of nitro groups is 2. The summed E-state index contributed by atoms with van der Waals surface area (Å²) in [4.78, 5) is 32.7. The van der Waals surface area contributed by atoms with Gasteiger partial charge in [0.05, 0.1) is 13.4 Å². The molecule has 0 aliphatic heterocycles. The van der Waals surface area contributed by atoms with E-state index in [-0.39, 0.29) is 26.0 Å². The van der Waals surface area contributed by atoms with Gasteiger partial charge in [0.25, 0.3) is 5.69 Å². The second kappa shape index (κ2) is 7.70. The van der Waals surface area contributed by atoms with Crippen LogP contribution in [-0.4, -0.2) is 20.7 Å². The van der Waals surface area contributed by atoms with Crippen molar-refractivity contribution < 1.29 is 19.7 Å². The number of phenols is 1. The molecule has 1 N–H and O–H groups in total. The molecule has 0 aliphatic carbocycles. The van der Waals surface area contributed by atoms with Gasteiger partial charge in [0.1, 0.15) is 11.6 Å². The fourth-order valence-corrected chi connectivity index (χ4v) is 2.69. The van der Waals surface area contributed by atoms with Crippen molar-refractivity contribution in [3.63, 3.8) is 0 Å². The summed E-state index contributed by atoms with van der Waals surface area (Å²) in [5.74, 6) is -1.28. The molecule has 2 rings (SSSR count). The van der Waals surface area contributed by atoms with Crippen molar-refractivity contribution in [1.29, 1.82) is 5.26 Å².